The van der Waals surface area contributed by atoms with Crippen LogP contribution >= 0.6 is 12.2 Å². The number of thiocarbonyl (C=S) groups is 1. The second-order valence-corrected chi connectivity index (χ2v) is 7.52. The second kappa shape index (κ2) is 8.16. The summed E-state index contributed by atoms with van der Waals surface area (Å²) in [5, 5.41) is 3.46. The third-order valence-electron chi connectivity index (χ3n) is 5.16. The van der Waals surface area contributed by atoms with Crippen molar-refractivity contribution in [2.24, 2.45) is 5.73 Å². The number of nitrogens with two attached hydrogens (primary N) is 1. The molecule has 3 aromatic rings. The molecule has 2 aromatic carbocycles. The van der Waals surface area contributed by atoms with E-state index in [1.165, 1.54) is 11.0 Å². The van der Waals surface area contributed by atoms with E-state index in [4.69, 9.17) is 18.0 Å². The summed E-state index contributed by atoms with van der Waals surface area (Å²) in [6.07, 6.45) is 3.94. The number of primary amides is 1. The highest BCUT2D eigenvalue weighted by Gasteiger charge is 2.35. The molecular weight excluding hydrogens is 412 g/mol. The number of hydrogen-bond donors (Lipinski definition) is 2. The SMILES string of the molecule is CCc1ccccc1N1C(=O)/C(=C/c2cn(CC(N)=O)c3ccccc23)C(=O)NC1=S. The second-order valence-electron chi connectivity index (χ2n) is 7.14. The molecule has 0 spiro atoms. The van der Waals surface area contributed by atoms with Crippen LogP contribution in [0.15, 0.2) is 60.3 Å². The lowest BCUT2D eigenvalue weighted by atomic mass is 10.0. The van der Waals surface area contributed by atoms with Gasteiger partial charge in [-0.3, -0.25) is 24.6 Å². The van der Waals surface area contributed by atoms with Gasteiger partial charge < -0.3 is 10.3 Å². The highest BCUT2D eigenvalue weighted by atomic mass is 32.1. The van der Waals surface area contributed by atoms with Crippen molar-refractivity contribution in [3.05, 3.63) is 71.4 Å². The summed E-state index contributed by atoms with van der Waals surface area (Å²) in [6.45, 7) is 1.98. The number of nitrogens with one attached hydrogen (secondary N) is 1. The van der Waals surface area contributed by atoms with Crippen LogP contribution in [0.1, 0.15) is 18.1 Å². The molecular formula is C23H20N4O3S. The summed E-state index contributed by atoms with van der Waals surface area (Å²) in [5.74, 6) is -1.55. The van der Waals surface area contributed by atoms with Gasteiger partial charge in [-0.1, -0.05) is 43.3 Å². The minimum atomic E-state index is -0.563. The van der Waals surface area contributed by atoms with E-state index in [0.717, 1.165) is 16.5 Å². The van der Waals surface area contributed by atoms with Gasteiger partial charge in [-0.25, -0.2) is 0 Å². The number of anilines is 1. The number of hydrogen-bond acceptors (Lipinski definition) is 4. The van der Waals surface area contributed by atoms with Crippen molar-refractivity contribution in [2.45, 2.75) is 19.9 Å². The van der Waals surface area contributed by atoms with Crippen molar-refractivity contribution in [3.8, 4) is 0 Å². The molecule has 0 radical (unpaired) electrons. The van der Waals surface area contributed by atoms with Crippen molar-refractivity contribution in [2.75, 3.05) is 4.90 Å². The zero-order valence-electron chi connectivity index (χ0n) is 16.8. The lowest BCUT2D eigenvalue weighted by Crippen LogP contribution is -2.54. The average molecular weight is 433 g/mol. The number of amides is 3. The molecule has 8 heteroatoms. The Kier molecular flexibility index (Phi) is 5.39. The van der Waals surface area contributed by atoms with Gasteiger partial charge in [0.2, 0.25) is 5.91 Å². The molecule has 0 atom stereocenters. The minimum absolute atomic E-state index is 0.0100. The van der Waals surface area contributed by atoms with Crippen LogP contribution in [0.4, 0.5) is 5.69 Å². The average Bonchev–Trinajstić information content (AvgIpc) is 3.08. The maximum Gasteiger partial charge on any atom is 0.270 e. The summed E-state index contributed by atoms with van der Waals surface area (Å²) in [5.41, 5.74) is 8.31. The molecule has 1 fully saturated rings. The summed E-state index contributed by atoms with van der Waals surface area (Å²) < 4.78 is 1.70. The monoisotopic (exact) mass is 432 g/mol. The maximum atomic E-state index is 13.4. The standard InChI is InChI=1S/C23H20N4O3S/c1-2-14-7-3-5-9-18(14)27-22(30)17(21(29)25-23(27)31)11-15-12-26(13-20(24)28)19-10-6-4-8-16(15)19/h3-12H,2,13H2,1H3,(H2,24,28)(H,25,29,31)/b17-11+. The fourth-order valence-corrected chi connectivity index (χ4v) is 4.02. The van der Waals surface area contributed by atoms with E-state index < -0.39 is 17.7 Å². The molecule has 4 rings (SSSR count). The number of fused-ring (bicyclic) bond motifs is 1. The summed E-state index contributed by atoms with van der Waals surface area (Å²) in [6, 6.07) is 14.8. The van der Waals surface area contributed by atoms with E-state index in [2.05, 4.69) is 5.32 Å². The quantitative estimate of drug-likeness (QED) is 0.368. The van der Waals surface area contributed by atoms with Gasteiger partial charge in [0.1, 0.15) is 12.1 Å². The van der Waals surface area contributed by atoms with Crippen LogP contribution in [0.25, 0.3) is 17.0 Å². The van der Waals surface area contributed by atoms with Crippen LogP contribution in [-0.4, -0.2) is 27.4 Å². The van der Waals surface area contributed by atoms with E-state index in [9.17, 15) is 14.4 Å². The molecule has 0 bridgehead atoms. The highest BCUT2D eigenvalue weighted by molar-refractivity contribution is 7.80. The van der Waals surface area contributed by atoms with E-state index in [-0.39, 0.29) is 17.2 Å². The lowest BCUT2D eigenvalue weighted by Gasteiger charge is -2.30. The number of aromatic nitrogens is 1. The number of rotatable bonds is 5. The largest absolute Gasteiger partial charge is 0.368 e. The Balaban J connectivity index is 1.82. The Morgan fingerprint density at radius 3 is 2.58 bits per heavy atom. The predicted molar refractivity (Wildman–Crippen MR) is 123 cm³/mol. The molecule has 2 heterocycles. The number of para-hydroxylation sites is 2. The minimum Gasteiger partial charge on any atom is -0.368 e. The highest BCUT2D eigenvalue weighted by Crippen LogP contribution is 2.28. The summed E-state index contributed by atoms with van der Waals surface area (Å²) >= 11 is 5.31. The number of aryl methyl sites for hydroxylation is 1. The van der Waals surface area contributed by atoms with E-state index in [1.54, 1.807) is 16.8 Å². The zero-order valence-corrected chi connectivity index (χ0v) is 17.6. The first-order chi connectivity index (χ1) is 14.9. The molecule has 1 saturated heterocycles. The molecule has 7 nitrogen and oxygen atoms in total. The first-order valence-corrected chi connectivity index (χ1v) is 10.2. The van der Waals surface area contributed by atoms with E-state index in [1.807, 2.05) is 49.4 Å². The van der Waals surface area contributed by atoms with E-state index in [0.29, 0.717) is 17.7 Å². The van der Waals surface area contributed by atoms with E-state index >= 15 is 0 Å². The van der Waals surface area contributed by atoms with Gasteiger partial charge >= 0.3 is 0 Å². The first-order valence-electron chi connectivity index (χ1n) is 9.76. The lowest BCUT2D eigenvalue weighted by molar-refractivity contribution is -0.122. The number of carbonyl (C=O) groups excluding carboxylic acids is 3. The van der Waals surface area contributed by atoms with Gasteiger partial charge in [0.15, 0.2) is 5.11 Å². The van der Waals surface area contributed by atoms with Crippen LogP contribution in [0, 0.1) is 0 Å². The van der Waals surface area contributed by atoms with Gasteiger partial charge in [0.25, 0.3) is 11.8 Å². The first kappa shape index (κ1) is 20.5. The van der Waals surface area contributed by atoms with Gasteiger partial charge in [-0.05, 0) is 42.4 Å². The van der Waals surface area contributed by atoms with Gasteiger partial charge in [-0.15, -0.1) is 0 Å². The molecule has 3 amide bonds. The van der Waals surface area contributed by atoms with Crippen molar-refractivity contribution >= 4 is 57.7 Å². The molecule has 1 aromatic heterocycles. The summed E-state index contributed by atoms with van der Waals surface area (Å²) in [4.78, 5) is 38.9. The Labute approximate surface area is 184 Å². The van der Waals surface area contributed by atoms with Gasteiger partial charge in [0, 0.05) is 22.7 Å². The number of nitrogens with zero attached hydrogens (tertiary/aromatic N) is 2. The molecule has 0 unspecified atom stereocenters. The van der Waals surface area contributed by atoms with Crippen LogP contribution < -0.4 is 16.0 Å². The van der Waals surface area contributed by atoms with Crippen molar-refractivity contribution < 1.29 is 14.4 Å². The maximum absolute atomic E-state index is 13.4. The summed E-state index contributed by atoms with van der Waals surface area (Å²) in [7, 11) is 0. The van der Waals surface area contributed by atoms with Crippen LogP contribution in [0.3, 0.4) is 0 Å². The third-order valence-corrected chi connectivity index (χ3v) is 5.45. The van der Waals surface area contributed by atoms with Crippen molar-refractivity contribution in [3.63, 3.8) is 0 Å². The molecule has 156 valence electrons. The van der Waals surface area contributed by atoms with Crippen molar-refractivity contribution in [1.82, 2.24) is 9.88 Å². The zero-order chi connectivity index (χ0) is 22.1. The normalized spacial score (nSPS) is 15.6. The van der Waals surface area contributed by atoms with Crippen LogP contribution in [0.2, 0.25) is 0 Å². The third kappa shape index (κ3) is 3.73. The Morgan fingerprint density at radius 2 is 1.84 bits per heavy atom. The molecule has 0 aliphatic carbocycles. The molecule has 1 aliphatic heterocycles. The molecule has 3 N–H and O–H groups in total. The van der Waals surface area contributed by atoms with Crippen LogP contribution in [-0.2, 0) is 27.3 Å². The Morgan fingerprint density at radius 1 is 1.13 bits per heavy atom. The smallest absolute Gasteiger partial charge is 0.270 e. The van der Waals surface area contributed by atoms with Crippen molar-refractivity contribution in [1.29, 1.82) is 0 Å². The van der Waals surface area contributed by atoms with Gasteiger partial charge in [0.05, 0.1) is 5.69 Å². The predicted octanol–water partition coefficient (Wildman–Crippen LogP) is 2.52. The fraction of sp³-hybridized carbons (Fsp3) is 0.130. The Hall–Kier alpha value is -3.78. The molecule has 0 saturated carbocycles. The Bertz CT molecular complexity index is 1270. The van der Waals surface area contributed by atoms with Gasteiger partial charge in [-0.2, -0.15) is 0 Å². The number of carbonyl (C=O) groups is 3. The fourth-order valence-electron chi connectivity index (χ4n) is 3.75. The number of benzene rings is 2. The topological polar surface area (TPSA) is 97.4 Å². The van der Waals surface area contributed by atoms with Crippen LogP contribution in [0.5, 0.6) is 0 Å². The molecule has 31 heavy (non-hydrogen) atoms. The molecule has 1 aliphatic rings.